The minimum atomic E-state index is -0.550. The number of nitrogens with one attached hydrogen (secondary N) is 1. The second-order valence-electron chi connectivity index (χ2n) is 7.67. The number of Topliss-reactive ketones (excluding diaryl/α,β-unsaturated/α-hetero) is 1. The van der Waals surface area contributed by atoms with Crippen molar-refractivity contribution >= 4 is 23.3 Å². The predicted octanol–water partition coefficient (Wildman–Crippen LogP) is 5.38. The Morgan fingerprint density at radius 2 is 1.35 bits per heavy atom. The summed E-state index contributed by atoms with van der Waals surface area (Å²) < 4.78 is 5.17. The number of hydrogen-bond donors (Lipinski definition) is 1. The highest BCUT2D eigenvalue weighted by Crippen LogP contribution is 2.19. The second kappa shape index (κ2) is 10.3. The van der Waals surface area contributed by atoms with Crippen molar-refractivity contribution in [3.8, 4) is 11.1 Å². The molecule has 0 aliphatic rings. The Kier molecular flexibility index (Phi) is 7.33. The smallest absolute Gasteiger partial charge is 0.338 e. The molecule has 0 heterocycles. The molecule has 5 nitrogen and oxygen atoms in total. The van der Waals surface area contributed by atoms with Gasteiger partial charge in [-0.05, 0) is 53.4 Å². The van der Waals surface area contributed by atoms with E-state index in [0.29, 0.717) is 23.2 Å². The zero-order valence-electron chi connectivity index (χ0n) is 17.6. The molecule has 3 aromatic rings. The Hall–Kier alpha value is -3.73. The number of rotatable bonds is 8. The van der Waals surface area contributed by atoms with E-state index in [2.05, 4.69) is 5.32 Å². The van der Waals surface area contributed by atoms with Crippen molar-refractivity contribution in [1.82, 2.24) is 0 Å². The quantitative estimate of drug-likeness (QED) is 0.396. The number of ether oxygens (including phenoxy) is 1. The van der Waals surface area contributed by atoms with Crippen LogP contribution in [-0.2, 0) is 9.53 Å². The van der Waals surface area contributed by atoms with E-state index >= 15 is 0 Å². The molecule has 0 unspecified atom stereocenters. The molecule has 3 rings (SSSR count). The maximum absolute atomic E-state index is 12.3. The van der Waals surface area contributed by atoms with Gasteiger partial charge in [-0.25, -0.2) is 4.79 Å². The summed E-state index contributed by atoms with van der Waals surface area (Å²) in [5.74, 6) is -0.661. The minimum Gasteiger partial charge on any atom is -0.454 e. The molecule has 5 heteroatoms. The first kappa shape index (κ1) is 22.0. The van der Waals surface area contributed by atoms with Crippen molar-refractivity contribution in [2.45, 2.75) is 20.3 Å². The third-order valence-corrected chi connectivity index (χ3v) is 4.65. The molecule has 3 aromatic carbocycles. The van der Waals surface area contributed by atoms with Crippen LogP contribution in [0.3, 0.4) is 0 Å². The molecule has 0 aliphatic heterocycles. The zero-order valence-corrected chi connectivity index (χ0v) is 17.6. The Bertz CT molecular complexity index is 1040. The molecular weight excluding hydrogens is 390 g/mol. The fraction of sp³-hybridized carbons (Fsp3) is 0.192. The summed E-state index contributed by atoms with van der Waals surface area (Å²) in [5.41, 5.74) is 3.47. The highest BCUT2D eigenvalue weighted by atomic mass is 16.5. The number of anilines is 1. The Morgan fingerprint density at radius 3 is 1.97 bits per heavy atom. The lowest BCUT2D eigenvalue weighted by Gasteiger charge is -2.08. The molecule has 158 valence electrons. The van der Waals surface area contributed by atoms with Crippen LogP contribution < -0.4 is 5.32 Å². The molecule has 0 bridgehead atoms. The maximum Gasteiger partial charge on any atom is 0.338 e. The standard InChI is InChI=1S/C26H25NO4/c1-18(2)16-25(29)27-23-14-12-21(13-15-23)24(28)17-31-26(30)22-10-8-20(9-11-22)19-6-4-3-5-7-19/h3-15,18H,16-17H2,1-2H3,(H,27,29). The van der Waals surface area contributed by atoms with Crippen LogP contribution in [0.25, 0.3) is 11.1 Å². The van der Waals surface area contributed by atoms with Crippen LogP contribution in [-0.4, -0.2) is 24.3 Å². The van der Waals surface area contributed by atoms with Crippen LogP contribution in [0, 0.1) is 5.92 Å². The topological polar surface area (TPSA) is 72.5 Å². The van der Waals surface area contributed by atoms with Crippen molar-refractivity contribution in [3.05, 3.63) is 90.0 Å². The van der Waals surface area contributed by atoms with Gasteiger partial charge in [0.25, 0.3) is 0 Å². The van der Waals surface area contributed by atoms with E-state index in [1.54, 1.807) is 36.4 Å². The Balaban J connectivity index is 1.53. The molecule has 31 heavy (non-hydrogen) atoms. The van der Waals surface area contributed by atoms with Gasteiger partial charge in [-0.3, -0.25) is 9.59 Å². The van der Waals surface area contributed by atoms with Gasteiger partial charge in [0, 0.05) is 17.7 Å². The minimum absolute atomic E-state index is 0.0683. The highest BCUT2D eigenvalue weighted by Gasteiger charge is 2.13. The molecular formula is C26H25NO4. The van der Waals surface area contributed by atoms with Crippen LogP contribution >= 0.6 is 0 Å². The summed E-state index contributed by atoms with van der Waals surface area (Å²) in [6.45, 7) is 3.60. The van der Waals surface area contributed by atoms with Gasteiger partial charge in [-0.15, -0.1) is 0 Å². The van der Waals surface area contributed by atoms with Crippen LogP contribution in [0.5, 0.6) is 0 Å². The fourth-order valence-electron chi connectivity index (χ4n) is 3.05. The van der Waals surface area contributed by atoms with E-state index in [4.69, 9.17) is 4.74 Å². The summed E-state index contributed by atoms with van der Waals surface area (Å²) in [7, 11) is 0. The molecule has 1 N–H and O–H groups in total. The first-order valence-electron chi connectivity index (χ1n) is 10.2. The van der Waals surface area contributed by atoms with Crippen LogP contribution in [0.2, 0.25) is 0 Å². The number of carbonyl (C=O) groups is 3. The van der Waals surface area contributed by atoms with Crippen LogP contribution in [0.4, 0.5) is 5.69 Å². The van der Waals surface area contributed by atoms with Crippen molar-refractivity contribution < 1.29 is 19.1 Å². The molecule has 0 radical (unpaired) electrons. The van der Waals surface area contributed by atoms with Crippen molar-refractivity contribution in [2.75, 3.05) is 11.9 Å². The van der Waals surface area contributed by atoms with Gasteiger partial charge in [-0.2, -0.15) is 0 Å². The van der Waals surface area contributed by atoms with Gasteiger partial charge >= 0.3 is 5.97 Å². The fourth-order valence-corrected chi connectivity index (χ4v) is 3.05. The molecule has 0 saturated carbocycles. The predicted molar refractivity (Wildman–Crippen MR) is 121 cm³/mol. The summed E-state index contributed by atoms with van der Waals surface area (Å²) in [4.78, 5) is 36.4. The van der Waals surface area contributed by atoms with E-state index in [-0.39, 0.29) is 24.2 Å². The van der Waals surface area contributed by atoms with Crippen molar-refractivity contribution in [2.24, 2.45) is 5.92 Å². The summed E-state index contributed by atoms with van der Waals surface area (Å²) in [6.07, 6.45) is 0.433. The molecule has 0 saturated heterocycles. The zero-order chi connectivity index (χ0) is 22.2. The first-order chi connectivity index (χ1) is 14.9. The third kappa shape index (κ3) is 6.37. The van der Waals surface area contributed by atoms with E-state index in [0.717, 1.165) is 11.1 Å². The van der Waals surface area contributed by atoms with Gasteiger partial charge in [0.2, 0.25) is 5.91 Å². The third-order valence-electron chi connectivity index (χ3n) is 4.65. The van der Waals surface area contributed by atoms with Gasteiger partial charge in [0.1, 0.15) is 0 Å². The number of carbonyl (C=O) groups excluding carboxylic acids is 3. The maximum atomic E-state index is 12.3. The van der Waals surface area contributed by atoms with Gasteiger partial charge in [0.15, 0.2) is 12.4 Å². The van der Waals surface area contributed by atoms with E-state index in [1.165, 1.54) is 0 Å². The van der Waals surface area contributed by atoms with Crippen LogP contribution in [0.1, 0.15) is 41.0 Å². The lowest BCUT2D eigenvalue weighted by molar-refractivity contribution is -0.116. The van der Waals surface area contributed by atoms with E-state index in [9.17, 15) is 14.4 Å². The number of hydrogen-bond acceptors (Lipinski definition) is 4. The van der Waals surface area contributed by atoms with Crippen molar-refractivity contribution in [1.29, 1.82) is 0 Å². The van der Waals surface area contributed by atoms with Crippen LogP contribution in [0.15, 0.2) is 78.9 Å². The van der Waals surface area contributed by atoms with Crippen molar-refractivity contribution in [3.63, 3.8) is 0 Å². The van der Waals surface area contributed by atoms with Gasteiger partial charge in [-0.1, -0.05) is 56.3 Å². The SMILES string of the molecule is CC(C)CC(=O)Nc1ccc(C(=O)COC(=O)c2ccc(-c3ccccc3)cc2)cc1. The number of amides is 1. The highest BCUT2D eigenvalue weighted by molar-refractivity contribution is 6.00. The number of benzene rings is 3. The molecule has 0 fully saturated rings. The average molecular weight is 415 g/mol. The summed E-state index contributed by atoms with van der Waals surface area (Å²) in [5, 5.41) is 2.79. The number of esters is 1. The Morgan fingerprint density at radius 1 is 0.774 bits per heavy atom. The summed E-state index contributed by atoms with van der Waals surface area (Å²) >= 11 is 0. The molecule has 0 aliphatic carbocycles. The largest absolute Gasteiger partial charge is 0.454 e. The lowest BCUT2D eigenvalue weighted by Crippen LogP contribution is -2.15. The van der Waals surface area contributed by atoms with Gasteiger partial charge in [0.05, 0.1) is 5.56 Å². The Labute approximate surface area is 182 Å². The molecule has 1 amide bonds. The van der Waals surface area contributed by atoms with E-state index < -0.39 is 5.97 Å². The summed E-state index contributed by atoms with van der Waals surface area (Å²) in [6, 6.07) is 23.4. The normalized spacial score (nSPS) is 10.5. The molecule has 0 spiro atoms. The second-order valence-corrected chi connectivity index (χ2v) is 7.67. The molecule has 0 atom stereocenters. The molecule has 0 aromatic heterocycles. The first-order valence-corrected chi connectivity index (χ1v) is 10.2. The monoisotopic (exact) mass is 415 g/mol. The van der Waals surface area contributed by atoms with Gasteiger partial charge < -0.3 is 10.1 Å². The van der Waals surface area contributed by atoms with E-state index in [1.807, 2.05) is 56.3 Å². The average Bonchev–Trinajstić information content (AvgIpc) is 2.78. The number of ketones is 1. The lowest BCUT2D eigenvalue weighted by atomic mass is 10.0.